The van der Waals surface area contributed by atoms with Gasteiger partial charge in [0.2, 0.25) is 0 Å². The largest absolute Gasteiger partial charge is 0.486 e. The van der Waals surface area contributed by atoms with Crippen LogP contribution in [0, 0.1) is 25.7 Å². The number of pyridine rings is 1. The SMILES string of the molecule is Cc1ccc(O[C@@H]2C[C@@H]3CN(C(=O)c4ccc(OC(F)F)cc4)C[C@@H]3C[C@H]2O)c(C)n1. The Kier molecular flexibility index (Phi) is 6.09. The lowest BCUT2D eigenvalue weighted by molar-refractivity contribution is -0.0498. The number of hydrogen-bond acceptors (Lipinski definition) is 5. The highest BCUT2D eigenvalue weighted by Crippen LogP contribution is 2.38. The molecule has 0 bridgehead atoms. The number of rotatable bonds is 5. The normalized spacial score (nSPS) is 25.4. The van der Waals surface area contributed by atoms with Crippen molar-refractivity contribution in [1.29, 1.82) is 0 Å². The first-order valence-electron chi connectivity index (χ1n) is 10.4. The number of fused-ring (bicyclic) bond motifs is 1. The lowest BCUT2D eigenvalue weighted by Crippen LogP contribution is -2.42. The maximum atomic E-state index is 12.9. The minimum atomic E-state index is -2.90. The van der Waals surface area contributed by atoms with Gasteiger partial charge in [-0.15, -0.1) is 0 Å². The van der Waals surface area contributed by atoms with Crippen molar-refractivity contribution in [3.63, 3.8) is 0 Å². The summed E-state index contributed by atoms with van der Waals surface area (Å²) in [5, 5.41) is 10.6. The molecule has 0 radical (unpaired) electrons. The summed E-state index contributed by atoms with van der Waals surface area (Å²) in [6.07, 6.45) is 0.274. The first-order valence-corrected chi connectivity index (χ1v) is 10.4. The number of carbonyl (C=O) groups is 1. The van der Waals surface area contributed by atoms with E-state index in [0.717, 1.165) is 11.4 Å². The van der Waals surface area contributed by atoms with Gasteiger partial charge in [0.05, 0.1) is 11.8 Å². The summed E-state index contributed by atoms with van der Waals surface area (Å²) in [5.74, 6) is 0.981. The number of alkyl halides is 2. The summed E-state index contributed by atoms with van der Waals surface area (Å²) in [4.78, 5) is 19.1. The number of halogens is 2. The molecule has 1 aromatic carbocycles. The topological polar surface area (TPSA) is 71.9 Å². The van der Waals surface area contributed by atoms with Gasteiger partial charge in [-0.1, -0.05) is 0 Å². The molecule has 4 rings (SSSR count). The molecule has 8 heteroatoms. The van der Waals surface area contributed by atoms with Gasteiger partial charge in [-0.3, -0.25) is 9.78 Å². The number of ether oxygens (including phenoxy) is 2. The van der Waals surface area contributed by atoms with Crippen LogP contribution in [0.25, 0.3) is 0 Å². The van der Waals surface area contributed by atoms with Crippen molar-refractivity contribution in [2.45, 2.75) is 45.5 Å². The number of carbonyl (C=O) groups excluding carboxylic acids is 1. The van der Waals surface area contributed by atoms with E-state index in [2.05, 4.69) is 9.72 Å². The first-order chi connectivity index (χ1) is 14.8. The van der Waals surface area contributed by atoms with Gasteiger partial charge in [-0.2, -0.15) is 8.78 Å². The summed E-state index contributed by atoms with van der Waals surface area (Å²) >= 11 is 0. The Morgan fingerprint density at radius 2 is 1.77 bits per heavy atom. The Hall–Kier alpha value is -2.74. The average molecular weight is 432 g/mol. The number of likely N-dealkylation sites (tertiary alicyclic amines) is 1. The summed E-state index contributed by atoms with van der Waals surface area (Å²) < 4.78 is 35.0. The molecule has 2 fully saturated rings. The van der Waals surface area contributed by atoms with Crippen LogP contribution in [0.15, 0.2) is 36.4 Å². The van der Waals surface area contributed by atoms with Crippen LogP contribution in [0.4, 0.5) is 8.78 Å². The molecule has 31 heavy (non-hydrogen) atoms. The third-order valence-corrected chi connectivity index (χ3v) is 6.15. The van der Waals surface area contributed by atoms with Crippen LogP contribution >= 0.6 is 0 Å². The number of aliphatic hydroxyl groups is 1. The van der Waals surface area contributed by atoms with E-state index < -0.39 is 12.7 Å². The van der Waals surface area contributed by atoms with Crippen LogP contribution in [0.1, 0.15) is 34.6 Å². The summed E-state index contributed by atoms with van der Waals surface area (Å²) in [6, 6.07) is 9.49. The molecular weight excluding hydrogens is 406 g/mol. The molecule has 6 nitrogen and oxygen atoms in total. The van der Waals surface area contributed by atoms with Crippen molar-refractivity contribution in [2.75, 3.05) is 13.1 Å². The van der Waals surface area contributed by atoms with Crippen molar-refractivity contribution in [1.82, 2.24) is 9.88 Å². The lowest BCUT2D eigenvalue weighted by atomic mass is 9.78. The summed E-state index contributed by atoms with van der Waals surface area (Å²) in [7, 11) is 0. The molecule has 0 unspecified atom stereocenters. The van der Waals surface area contributed by atoms with E-state index in [-0.39, 0.29) is 29.6 Å². The van der Waals surface area contributed by atoms with Gasteiger partial charge in [0, 0.05) is 24.3 Å². The predicted molar refractivity (Wildman–Crippen MR) is 109 cm³/mol. The van der Waals surface area contributed by atoms with E-state index in [1.54, 1.807) is 4.90 Å². The second-order valence-corrected chi connectivity index (χ2v) is 8.36. The fourth-order valence-electron chi connectivity index (χ4n) is 4.61. The van der Waals surface area contributed by atoms with Crippen LogP contribution < -0.4 is 9.47 Å². The molecule has 0 spiro atoms. The molecule has 1 amide bonds. The quantitative estimate of drug-likeness (QED) is 0.782. The van der Waals surface area contributed by atoms with Gasteiger partial charge in [0.25, 0.3) is 5.91 Å². The van der Waals surface area contributed by atoms with E-state index in [4.69, 9.17) is 4.74 Å². The molecule has 1 saturated carbocycles. The fraction of sp³-hybridized carbons (Fsp3) is 0.478. The molecule has 2 aliphatic rings. The Bertz CT molecular complexity index is 938. The molecule has 166 valence electrons. The fourth-order valence-corrected chi connectivity index (χ4v) is 4.61. The van der Waals surface area contributed by atoms with E-state index in [9.17, 15) is 18.7 Å². The van der Waals surface area contributed by atoms with Gasteiger partial charge < -0.3 is 19.5 Å². The monoisotopic (exact) mass is 432 g/mol. The molecule has 1 aromatic heterocycles. The number of aliphatic hydroxyl groups excluding tert-OH is 1. The number of aromatic nitrogens is 1. The highest BCUT2D eigenvalue weighted by Gasteiger charge is 2.44. The van der Waals surface area contributed by atoms with Crippen molar-refractivity contribution < 1.29 is 28.2 Å². The number of hydrogen-bond donors (Lipinski definition) is 1. The Morgan fingerprint density at radius 1 is 1.10 bits per heavy atom. The van der Waals surface area contributed by atoms with E-state index in [0.29, 0.717) is 37.2 Å². The molecule has 1 aliphatic carbocycles. The summed E-state index contributed by atoms with van der Waals surface area (Å²) in [5.41, 5.74) is 2.12. The van der Waals surface area contributed by atoms with Gasteiger partial charge in [-0.05, 0) is 74.9 Å². The zero-order chi connectivity index (χ0) is 22.1. The van der Waals surface area contributed by atoms with Crippen LogP contribution in [0.2, 0.25) is 0 Å². The smallest absolute Gasteiger partial charge is 0.387 e. The Labute approximate surface area is 179 Å². The van der Waals surface area contributed by atoms with Crippen molar-refractivity contribution in [3.05, 3.63) is 53.3 Å². The Balaban J connectivity index is 1.39. The lowest BCUT2D eigenvalue weighted by Gasteiger charge is -2.35. The number of nitrogens with zero attached hydrogens (tertiary/aromatic N) is 2. The maximum absolute atomic E-state index is 12.9. The number of aryl methyl sites for hydroxylation is 2. The van der Waals surface area contributed by atoms with Crippen LogP contribution in [-0.2, 0) is 0 Å². The molecule has 2 aromatic rings. The van der Waals surface area contributed by atoms with Gasteiger partial charge >= 0.3 is 6.61 Å². The maximum Gasteiger partial charge on any atom is 0.387 e. The summed E-state index contributed by atoms with van der Waals surface area (Å²) in [6.45, 7) is 2.04. The average Bonchev–Trinajstić information content (AvgIpc) is 3.12. The van der Waals surface area contributed by atoms with E-state index >= 15 is 0 Å². The predicted octanol–water partition coefficient (Wildman–Crippen LogP) is 3.59. The van der Waals surface area contributed by atoms with Crippen molar-refractivity contribution in [2.24, 2.45) is 11.8 Å². The number of benzene rings is 1. The molecule has 2 heterocycles. The van der Waals surface area contributed by atoms with Crippen LogP contribution in [0.5, 0.6) is 11.5 Å². The molecule has 1 N–H and O–H groups in total. The Morgan fingerprint density at radius 3 is 2.42 bits per heavy atom. The zero-order valence-corrected chi connectivity index (χ0v) is 17.5. The zero-order valence-electron chi connectivity index (χ0n) is 17.5. The van der Waals surface area contributed by atoms with Crippen molar-refractivity contribution >= 4 is 5.91 Å². The van der Waals surface area contributed by atoms with Crippen LogP contribution in [0.3, 0.4) is 0 Å². The minimum absolute atomic E-state index is 0.0191. The van der Waals surface area contributed by atoms with Crippen molar-refractivity contribution in [3.8, 4) is 11.5 Å². The first kappa shape index (κ1) is 21.5. The third-order valence-electron chi connectivity index (χ3n) is 6.15. The molecule has 1 saturated heterocycles. The van der Waals surface area contributed by atoms with Gasteiger partial charge in [0.15, 0.2) is 0 Å². The van der Waals surface area contributed by atoms with Gasteiger partial charge in [0.1, 0.15) is 17.6 Å². The molecule has 4 atom stereocenters. The van der Waals surface area contributed by atoms with Crippen LogP contribution in [-0.4, -0.2) is 52.8 Å². The van der Waals surface area contributed by atoms with Gasteiger partial charge in [-0.25, -0.2) is 0 Å². The second-order valence-electron chi connectivity index (χ2n) is 8.36. The highest BCUT2D eigenvalue weighted by atomic mass is 19.3. The van der Waals surface area contributed by atoms with E-state index in [1.165, 1.54) is 24.3 Å². The molecular formula is C23H26F2N2O4. The standard InChI is InChI=1S/C23H26F2N2O4/c1-13-3-8-20(14(2)26-13)31-21-10-17-12-27(11-16(17)9-19(21)28)22(29)15-4-6-18(7-5-15)30-23(24)25/h3-8,16-17,19,21,23,28H,9-12H2,1-2H3/t16-,17+,19+,21+/m0/s1. The second kappa shape index (κ2) is 8.78. The highest BCUT2D eigenvalue weighted by molar-refractivity contribution is 5.94. The number of amides is 1. The molecule has 1 aliphatic heterocycles. The minimum Gasteiger partial charge on any atom is -0.486 e. The third kappa shape index (κ3) is 4.79. The van der Waals surface area contributed by atoms with E-state index in [1.807, 2.05) is 26.0 Å².